The highest BCUT2D eigenvalue weighted by atomic mass is 16.3. The van der Waals surface area contributed by atoms with E-state index in [0.717, 1.165) is 42.6 Å². The monoisotopic (exact) mass is 337 g/mol. The Kier molecular flexibility index (Phi) is 3.69. The Labute approximate surface area is 146 Å². The van der Waals surface area contributed by atoms with E-state index in [1.807, 2.05) is 7.05 Å². The van der Waals surface area contributed by atoms with Crippen LogP contribution in [0.25, 0.3) is 22.2 Å². The molecule has 0 spiro atoms. The Bertz CT molecular complexity index is 1040. The standard InChI is InChI=1S/C20H23N3O2/c1-11-19(24)15-6-4-5-13-14(18(15)22-20(11)25)7-8-17-16(13)9-12(10-21-2)23(17)3/h7-9,21H,4-6,10H2,1-3H3,(H2,22,24,25). The summed E-state index contributed by atoms with van der Waals surface area (Å²) in [5, 5.41) is 14.9. The molecule has 0 amide bonds. The molecular weight excluding hydrogens is 314 g/mol. The van der Waals surface area contributed by atoms with E-state index in [0.29, 0.717) is 5.56 Å². The quantitative estimate of drug-likeness (QED) is 0.673. The molecule has 0 atom stereocenters. The van der Waals surface area contributed by atoms with Gasteiger partial charge in [-0.15, -0.1) is 0 Å². The first kappa shape index (κ1) is 16.0. The smallest absolute Gasteiger partial charge is 0.255 e. The molecule has 0 radical (unpaired) electrons. The van der Waals surface area contributed by atoms with Gasteiger partial charge in [0.25, 0.3) is 5.56 Å². The number of H-pyrrole nitrogens is 1. The van der Waals surface area contributed by atoms with Crippen molar-refractivity contribution in [1.82, 2.24) is 14.9 Å². The molecule has 0 fully saturated rings. The van der Waals surface area contributed by atoms with Crippen LogP contribution in [0.2, 0.25) is 0 Å². The highest BCUT2D eigenvalue weighted by molar-refractivity contribution is 5.91. The van der Waals surface area contributed by atoms with Crippen LogP contribution >= 0.6 is 0 Å². The lowest BCUT2D eigenvalue weighted by Gasteiger charge is -2.13. The second-order valence-corrected chi connectivity index (χ2v) is 6.88. The van der Waals surface area contributed by atoms with Gasteiger partial charge in [-0.25, -0.2) is 0 Å². The number of aromatic amines is 1. The van der Waals surface area contributed by atoms with Crippen LogP contribution in [0.15, 0.2) is 23.0 Å². The topological polar surface area (TPSA) is 70.0 Å². The molecule has 0 saturated carbocycles. The fraction of sp³-hybridized carbons (Fsp3) is 0.350. The number of pyridine rings is 1. The molecule has 5 heteroatoms. The number of nitrogens with one attached hydrogen (secondary N) is 2. The van der Waals surface area contributed by atoms with E-state index in [4.69, 9.17) is 0 Å². The average molecular weight is 337 g/mol. The van der Waals surface area contributed by atoms with Crippen molar-refractivity contribution in [3.8, 4) is 17.0 Å². The van der Waals surface area contributed by atoms with Crippen molar-refractivity contribution in [2.24, 2.45) is 7.05 Å². The van der Waals surface area contributed by atoms with Crippen LogP contribution in [0, 0.1) is 6.92 Å². The molecule has 1 aliphatic carbocycles. The van der Waals surface area contributed by atoms with Crippen LogP contribution in [0.4, 0.5) is 0 Å². The van der Waals surface area contributed by atoms with Gasteiger partial charge in [0.05, 0.1) is 11.3 Å². The molecule has 2 aromatic heterocycles. The molecule has 0 saturated heterocycles. The largest absolute Gasteiger partial charge is 0.507 e. The number of rotatable bonds is 2. The number of benzene rings is 1. The van der Waals surface area contributed by atoms with Crippen LogP contribution in [-0.2, 0) is 26.4 Å². The number of nitrogens with zero attached hydrogens (tertiary/aromatic N) is 1. The van der Waals surface area contributed by atoms with Crippen molar-refractivity contribution in [2.75, 3.05) is 7.05 Å². The van der Waals surface area contributed by atoms with Crippen molar-refractivity contribution >= 4 is 10.9 Å². The number of aromatic hydroxyl groups is 1. The lowest BCUT2D eigenvalue weighted by Crippen LogP contribution is -2.13. The third-order valence-corrected chi connectivity index (χ3v) is 5.44. The fourth-order valence-corrected chi connectivity index (χ4v) is 4.03. The van der Waals surface area contributed by atoms with Crippen molar-refractivity contribution < 1.29 is 5.11 Å². The van der Waals surface area contributed by atoms with Gasteiger partial charge in [-0.2, -0.15) is 0 Å². The summed E-state index contributed by atoms with van der Waals surface area (Å²) >= 11 is 0. The molecule has 25 heavy (non-hydrogen) atoms. The predicted molar refractivity (Wildman–Crippen MR) is 100 cm³/mol. The normalized spacial score (nSPS) is 13.6. The Morgan fingerprint density at radius 2 is 2.04 bits per heavy atom. The second kappa shape index (κ2) is 5.77. The van der Waals surface area contributed by atoms with E-state index in [1.165, 1.54) is 22.2 Å². The molecule has 130 valence electrons. The Morgan fingerprint density at radius 1 is 1.28 bits per heavy atom. The van der Waals surface area contributed by atoms with Gasteiger partial charge in [0.2, 0.25) is 0 Å². The number of hydrogen-bond donors (Lipinski definition) is 3. The Balaban J connectivity index is 2.03. The maximum atomic E-state index is 12.2. The van der Waals surface area contributed by atoms with Crippen LogP contribution in [-0.4, -0.2) is 21.7 Å². The summed E-state index contributed by atoms with van der Waals surface area (Å²) in [6, 6.07) is 6.43. The zero-order chi connectivity index (χ0) is 17.7. The van der Waals surface area contributed by atoms with E-state index in [2.05, 4.69) is 40.1 Å². The molecule has 3 aromatic rings. The first-order chi connectivity index (χ1) is 12.0. The van der Waals surface area contributed by atoms with Gasteiger partial charge < -0.3 is 20.0 Å². The third-order valence-electron chi connectivity index (χ3n) is 5.44. The third kappa shape index (κ3) is 2.30. The zero-order valence-electron chi connectivity index (χ0n) is 14.9. The van der Waals surface area contributed by atoms with Gasteiger partial charge in [0.15, 0.2) is 0 Å². The van der Waals surface area contributed by atoms with Crippen LogP contribution in [0.1, 0.15) is 28.8 Å². The van der Waals surface area contributed by atoms with E-state index in [-0.39, 0.29) is 11.3 Å². The highest BCUT2D eigenvalue weighted by Gasteiger charge is 2.23. The minimum atomic E-state index is -0.215. The first-order valence-corrected chi connectivity index (χ1v) is 8.72. The molecule has 0 unspecified atom stereocenters. The van der Waals surface area contributed by atoms with Crippen molar-refractivity contribution in [3.05, 3.63) is 50.9 Å². The van der Waals surface area contributed by atoms with Gasteiger partial charge in [-0.05, 0) is 50.9 Å². The van der Waals surface area contributed by atoms with Crippen LogP contribution in [0.5, 0.6) is 5.75 Å². The van der Waals surface area contributed by atoms with Gasteiger partial charge in [-0.3, -0.25) is 4.79 Å². The maximum absolute atomic E-state index is 12.2. The summed E-state index contributed by atoms with van der Waals surface area (Å²) in [6.45, 7) is 2.48. The number of aromatic nitrogens is 2. The molecule has 1 aliphatic rings. The average Bonchev–Trinajstić information content (AvgIpc) is 2.80. The Hall–Kier alpha value is -2.53. The minimum Gasteiger partial charge on any atom is -0.507 e. The summed E-state index contributed by atoms with van der Waals surface area (Å²) < 4.78 is 2.22. The second-order valence-electron chi connectivity index (χ2n) is 6.88. The molecule has 1 aromatic carbocycles. The number of fused-ring (bicyclic) bond motifs is 5. The summed E-state index contributed by atoms with van der Waals surface area (Å²) in [7, 11) is 4.04. The van der Waals surface area contributed by atoms with Crippen LogP contribution in [0.3, 0.4) is 0 Å². The van der Waals surface area contributed by atoms with Gasteiger partial charge in [0.1, 0.15) is 5.75 Å². The molecular formula is C20H23N3O2. The van der Waals surface area contributed by atoms with Crippen molar-refractivity contribution in [1.29, 1.82) is 0 Å². The first-order valence-electron chi connectivity index (χ1n) is 8.72. The molecule has 4 rings (SSSR count). The van der Waals surface area contributed by atoms with Crippen LogP contribution < -0.4 is 10.9 Å². The van der Waals surface area contributed by atoms with Crippen molar-refractivity contribution in [3.63, 3.8) is 0 Å². The molecule has 5 nitrogen and oxygen atoms in total. The van der Waals surface area contributed by atoms with E-state index in [1.54, 1.807) is 6.92 Å². The Morgan fingerprint density at radius 3 is 2.80 bits per heavy atom. The van der Waals surface area contributed by atoms with E-state index >= 15 is 0 Å². The van der Waals surface area contributed by atoms with Gasteiger partial charge >= 0.3 is 0 Å². The predicted octanol–water partition coefficient (Wildman–Crippen LogP) is 2.76. The summed E-state index contributed by atoms with van der Waals surface area (Å²) in [6.07, 6.45) is 2.66. The fourth-order valence-electron chi connectivity index (χ4n) is 4.03. The SMILES string of the molecule is CNCc1cc2c3c(ccc2n1C)-c1[nH]c(=O)c(C)c(O)c1CCC3. The van der Waals surface area contributed by atoms with Gasteiger partial charge in [0, 0.05) is 41.3 Å². The highest BCUT2D eigenvalue weighted by Crippen LogP contribution is 2.39. The molecule has 0 bridgehead atoms. The zero-order valence-corrected chi connectivity index (χ0v) is 14.9. The molecule has 3 N–H and O–H groups in total. The minimum absolute atomic E-state index is 0.149. The summed E-state index contributed by atoms with van der Waals surface area (Å²) in [5.74, 6) is 0.149. The number of hydrogen-bond acceptors (Lipinski definition) is 3. The molecule has 2 heterocycles. The van der Waals surface area contributed by atoms with E-state index in [9.17, 15) is 9.90 Å². The summed E-state index contributed by atoms with van der Waals surface area (Å²) in [4.78, 5) is 15.2. The lowest BCUT2D eigenvalue weighted by atomic mass is 9.97. The number of aryl methyl sites for hydroxylation is 2. The maximum Gasteiger partial charge on any atom is 0.255 e. The lowest BCUT2D eigenvalue weighted by molar-refractivity contribution is 0.461. The van der Waals surface area contributed by atoms with Gasteiger partial charge in [-0.1, -0.05) is 6.07 Å². The van der Waals surface area contributed by atoms with Crippen molar-refractivity contribution in [2.45, 2.75) is 32.7 Å². The summed E-state index contributed by atoms with van der Waals surface area (Å²) in [5.41, 5.74) is 6.55. The van der Waals surface area contributed by atoms with E-state index < -0.39 is 0 Å². The molecule has 0 aliphatic heterocycles.